The fourth-order valence-corrected chi connectivity index (χ4v) is 3.36. The minimum atomic E-state index is -0.799. The molecule has 0 aromatic heterocycles. The van der Waals surface area contributed by atoms with E-state index in [9.17, 15) is 9.90 Å². The van der Waals surface area contributed by atoms with Crippen molar-refractivity contribution >= 4 is 5.97 Å². The molecular weight excluding hydrogens is 228 g/mol. The highest BCUT2D eigenvalue weighted by Crippen LogP contribution is 2.52. The zero-order chi connectivity index (χ0) is 13.6. The number of carbonyl (C=O) groups is 1. The van der Waals surface area contributed by atoms with Gasteiger partial charge in [-0.1, -0.05) is 19.1 Å². The monoisotopic (exact) mass is 250 g/mol. The molecule has 2 aliphatic carbocycles. The van der Waals surface area contributed by atoms with Crippen molar-refractivity contribution in [2.45, 2.75) is 52.1 Å². The van der Waals surface area contributed by atoms with Gasteiger partial charge in [0.1, 0.15) is 0 Å². The van der Waals surface area contributed by atoms with E-state index < -0.39 is 11.6 Å². The quantitative estimate of drug-likeness (QED) is 0.741. The van der Waals surface area contributed by atoms with Crippen LogP contribution in [0.15, 0.2) is 23.3 Å². The van der Waals surface area contributed by atoms with Gasteiger partial charge in [0.05, 0.1) is 5.60 Å². The van der Waals surface area contributed by atoms with Crippen LogP contribution in [0.4, 0.5) is 0 Å². The lowest BCUT2D eigenvalue weighted by atomic mass is 9.71. The van der Waals surface area contributed by atoms with Crippen LogP contribution in [-0.2, 0) is 4.79 Å². The first-order valence-electron chi connectivity index (χ1n) is 6.59. The second-order valence-corrected chi connectivity index (χ2v) is 6.41. The molecular formula is C15H22O3. The Hall–Kier alpha value is -1.09. The predicted molar refractivity (Wildman–Crippen MR) is 70.2 cm³/mol. The highest BCUT2D eigenvalue weighted by Gasteiger charge is 2.44. The molecule has 2 atom stereocenters. The number of hydrogen-bond acceptors (Lipinski definition) is 2. The second-order valence-electron chi connectivity index (χ2n) is 6.41. The normalized spacial score (nSPS) is 32.3. The van der Waals surface area contributed by atoms with Crippen LogP contribution in [-0.4, -0.2) is 21.8 Å². The number of rotatable bonds is 2. The molecule has 0 unspecified atom stereocenters. The van der Waals surface area contributed by atoms with Crippen LogP contribution in [0, 0.1) is 11.3 Å². The Morgan fingerprint density at radius 1 is 1.39 bits per heavy atom. The van der Waals surface area contributed by atoms with Gasteiger partial charge >= 0.3 is 5.97 Å². The van der Waals surface area contributed by atoms with Crippen molar-refractivity contribution in [3.63, 3.8) is 0 Å². The minimum Gasteiger partial charge on any atom is -0.478 e. The van der Waals surface area contributed by atoms with E-state index in [-0.39, 0.29) is 5.41 Å². The van der Waals surface area contributed by atoms with E-state index in [0.717, 1.165) is 24.8 Å². The Morgan fingerprint density at radius 3 is 2.56 bits per heavy atom. The molecule has 0 saturated carbocycles. The van der Waals surface area contributed by atoms with Crippen LogP contribution in [0.2, 0.25) is 0 Å². The summed E-state index contributed by atoms with van der Waals surface area (Å²) in [5, 5.41) is 19.3. The minimum absolute atomic E-state index is 0.0759. The third-order valence-electron chi connectivity index (χ3n) is 4.50. The van der Waals surface area contributed by atoms with E-state index in [1.165, 1.54) is 0 Å². The van der Waals surface area contributed by atoms with E-state index in [1.54, 1.807) is 0 Å². The molecule has 2 N–H and O–H groups in total. The van der Waals surface area contributed by atoms with Gasteiger partial charge < -0.3 is 10.2 Å². The molecule has 2 aliphatic rings. The predicted octanol–water partition coefficient (Wildman–Crippen LogP) is 2.90. The van der Waals surface area contributed by atoms with Crippen LogP contribution >= 0.6 is 0 Å². The SMILES string of the molecule is CC(C)(O)C1=CC[C@@]2(C)CC=C(C(=O)O)CC[C@H]12. The van der Waals surface area contributed by atoms with Gasteiger partial charge in [-0.25, -0.2) is 4.79 Å². The maximum atomic E-state index is 11.1. The summed E-state index contributed by atoms with van der Waals surface area (Å²) in [5.41, 5.74) is 0.897. The van der Waals surface area contributed by atoms with Crippen molar-refractivity contribution in [2.75, 3.05) is 0 Å². The summed E-state index contributed by atoms with van der Waals surface area (Å²) in [6.07, 6.45) is 7.18. The van der Waals surface area contributed by atoms with Crippen molar-refractivity contribution < 1.29 is 15.0 Å². The van der Waals surface area contributed by atoms with E-state index >= 15 is 0 Å². The second kappa shape index (κ2) is 4.23. The zero-order valence-corrected chi connectivity index (χ0v) is 11.4. The number of hydrogen-bond donors (Lipinski definition) is 2. The van der Waals surface area contributed by atoms with Gasteiger partial charge in [0, 0.05) is 5.57 Å². The third kappa shape index (κ3) is 2.24. The first-order valence-corrected chi connectivity index (χ1v) is 6.59. The van der Waals surface area contributed by atoms with E-state index in [1.807, 2.05) is 19.9 Å². The molecule has 100 valence electrons. The largest absolute Gasteiger partial charge is 0.478 e. The number of carboxylic acids is 1. The van der Waals surface area contributed by atoms with Crippen LogP contribution in [0.1, 0.15) is 46.5 Å². The summed E-state index contributed by atoms with van der Waals surface area (Å²) < 4.78 is 0. The molecule has 0 aromatic rings. The van der Waals surface area contributed by atoms with Gasteiger partial charge in [0.15, 0.2) is 0 Å². The highest BCUT2D eigenvalue weighted by molar-refractivity contribution is 5.86. The summed E-state index contributed by atoms with van der Waals surface area (Å²) in [7, 11) is 0. The van der Waals surface area contributed by atoms with Gasteiger partial charge in [0.25, 0.3) is 0 Å². The first kappa shape index (κ1) is 13.3. The standard InChI is InChI=1S/C15H22O3/c1-14(2,18)11-7-9-15(3)8-6-10(13(16)17)4-5-12(11)15/h6-7,12,18H,4-5,8-9H2,1-3H3,(H,16,17)/t12-,15-/m1/s1. The Bertz CT molecular complexity index is 426. The number of aliphatic hydroxyl groups is 1. The number of allylic oxidation sites excluding steroid dienone is 2. The summed E-state index contributed by atoms with van der Waals surface area (Å²) in [5.74, 6) is -0.502. The van der Waals surface area contributed by atoms with E-state index in [4.69, 9.17) is 5.11 Å². The third-order valence-corrected chi connectivity index (χ3v) is 4.50. The molecule has 0 spiro atoms. The first-order chi connectivity index (χ1) is 8.24. The van der Waals surface area contributed by atoms with E-state index in [2.05, 4.69) is 13.0 Å². The van der Waals surface area contributed by atoms with Crippen molar-refractivity contribution in [3.8, 4) is 0 Å². The van der Waals surface area contributed by atoms with E-state index in [0.29, 0.717) is 17.9 Å². The van der Waals surface area contributed by atoms with Crippen LogP contribution < -0.4 is 0 Å². The highest BCUT2D eigenvalue weighted by atomic mass is 16.4. The fraction of sp³-hybridized carbons (Fsp3) is 0.667. The van der Waals surface area contributed by atoms with Gasteiger partial charge in [0.2, 0.25) is 0 Å². The molecule has 0 heterocycles. The summed E-state index contributed by atoms with van der Waals surface area (Å²) in [6, 6.07) is 0. The zero-order valence-electron chi connectivity index (χ0n) is 11.4. The number of carboxylic acid groups (broad SMARTS) is 1. The summed E-state index contributed by atoms with van der Waals surface area (Å²) >= 11 is 0. The Morgan fingerprint density at radius 2 is 2.00 bits per heavy atom. The molecule has 0 aromatic carbocycles. The summed E-state index contributed by atoms with van der Waals surface area (Å²) in [6.45, 7) is 5.84. The van der Waals surface area contributed by atoms with Crippen molar-refractivity contribution in [1.29, 1.82) is 0 Å². The lowest BCUT2D eigenvalue weighted by molar-refractivity contribution is -0.132. The molecule has 18 heavy (non-hydrogen) atoms. The molecule has 0 bridgehead atoms. The van der Waals surface area contributed by atoms with Gasteiger partial charge in [-0.15, -0.1) is 0 Å². The van der Waals surface area contributed by atoms with Gasteiger partial charge in [-0.2, -0.15) is 0 Å². The molecule has 0 saturated heterocycles. The molecule has 0 radical (unpaired) electrons. The van der Waals surface area contributed by atoms with Crippen molar-refractivity contribution in [2.24, 2.45) is 11.3 Å². The maximum absolute atomic E-state index is 11.1. The maximum Gasteiger partial charge on any atom is 0.331 e. The topological polar surface area (TPSA) is 57.5 Å². The molecule has 0 fully saturated rings. The van der Waals surface area contributed by atoms with Crippen LogP contribution in [0.25, 0.3) is 0 Å². The molecule has 0 aliphatic heterocycles. The average Bonchev–Trinajstić information content (AvgIpc) is 2.46. The molecule has 0 amide bonds. The number of fused-ring (bicyclic) bond motifs is 1. The number of aliphatic carboxylic acids is 1. The van der Waals surface area contributed by atoms with Gasteiger partial charge in [-0.05, 0) is 56.4 Å². The fourth-order valence-electron chi connectivity index (χ4n) is 3.36. The molecule has 3 heteroatoms. The lowest BCUT2D eigenvalue weighted by Gasteiger charge is -2.35. The van der Waals surface area contributed by atoms with Crippen LogP contribution in [0.5, 0.6) is 0 Å². The Labute approximate surface area is 108 Å². The lowest BCUT2D eigenvalue weighted by Crippen LogP contribution is -2.31. The van der Waals surface area contributed by atoms with Crippen LogP contribution in [0.3, 0.4) is 0 Å². The molecule has 2 rings (SSSR count). The summed E-state index contributed by atoms with van der Waals surface area (Å²) in [4.78, 5) is 11.1. The van der Waals surface area contributed by atoms with Crippen molar-refractivity contribution in [3.05, 3.63) is 23.3 Å². The molecule has 3 nitrogen and oxygen atoms in total. The smallest absolute Gasteiger partial charge is 0.331 e. The van der Waals surface area contributed by atoms with Crippen molar-refractivity contribution in [1.82, 2.24) is 0 Å². The Balaban J connectivity index is 2.25. The van der Waals surface area contributed by atoms with Gasteiger partial charge in [-0.3, -0.25) is 0 Å². The Kier molecular flexibility index (Phi) is 3.14. The average molecular weight is 250 g/mol.